The number of allylic oxidation sites excluding steroid dienone is 3. The first-order valence-electron chi connectivity index (χ1n) is 2.14. The van der Waals surface area contributed by atoms with Crippen molar-refractivity contribution >= 4 is 11.2 Å². The van der Waals surface area contributed by atoms with E-state index in [0.29, 0.717) is 0 Å². The molecule has 1 heterocycles. The molecule has 1 nitrogen and oxygen atoms in total. The van der Waals surface area contributed by atoms with Gasteiger partial charge in [-0.15, -0.1) is 11.2 Å². The monoisotopic (exact) mass is 116 g/mol. The number of rotatable bonds is 0. The Morgan fingerprint density at radius 3 is 2.57 bits per heavy atom. The molecule has 0 fully saturated rings. The molecular weight excluding hydrogens is 108 g/mol. The van der Waals surface area contributed by atoms with Crippen LogP contribution in [-0.4, -0.2) is 4.55 Å². The molecule has 0 spiro atoms. The van der Waals surface area contributed by atoms with E-state index in [9.17, 15) is 0 Å². The molecule has 7 heavy (non-hydrogen) atoms. The van der Waals surface area contributed by atoms with Crippen LogP contribution in [0.3, 0.4) is 0 Å². The first-order chi connectivity index (χ1) is 3.30. The van der Waals surface area contributed by atoms with Gasteiger partial charge in [0.25, 0.3) is 0 Å². The standard InChI is InChI=1S/C5H8OS/c1-5-3-2-4-7(5)6/h2-4,6-7H,1H3. The Kier molecular flexibility index (Phi) is 1.21. The SMILES string of the molecule is CC1=CC=C[SH]1O. The normalized spacial score (nSPS) is 33.4. The third kappa shape index (κ3) is 0.868. The zero-order valence-electron chi connectivity index (χ0n) is 4.13. The summed E-state index contributed by atoms with van der Waals surface area (Å²) in [4.78, 5) is 1.09. The van der Waals surface area contributed by atoms with E-state index in [1.165, 1.54) is 0 Å². The largest absolute Gasteiger partial charge is 0.346 e. The Bertz CT molecular complexity index is 126. The van der Waals surface area contributed by atoms with Gasteiger partial charge in [-0.2, -0.15) is 0 Å². The van der Waals surface area contributed by atoms with Crippen molar-refractivity contribution in [3.63, 3.8) is 0 Å². The van der Waals surface area contributed by atoms with Crippen LogP contribution >= 0.6 is 11.2 Å². The van der Waals surface area contributed by atoms with Gasteiger partial charge in [0.05, 0.1) is 0 Å². The van der Waals surface area contributed by atoms with Gasteiger partial charge in [-0.1, -0.05) is 12.2 Å². The van der Waals surface area contributed by atoms with Crippen LogP contribution in [0, 0.1) is 0 Å². The van der Waals surface area contributed by atoms with Crippen LogP contribution < -0.4 is 0 Å². The van der Waals surface area contributed by atoms with E-state index in [0.717, 1.165) is 4.91 Å². The summed E-state index contributed by atoms with van der Waals surface area (Å²) in [5, 5.41) is 1.82. The van der Waals surface area contributed by atoms with Gasteiger partial charge in [0.1, 0.15) is 0 Å². The highest BCUT2D eigenvalue weighted by molar-refractivity contribution is 8.18. The molecule has 0 aromatic heterocycles. The van der Waals surface area contributed by atoms with Crippen molar-refractivity contribution < 1.29 is 4.55 Å². The maximum Gasteiger partial charge on any atom is -0.0120 e. The minimum atomic E-state index is -0.846. The Balaban J connectivity index is 2.69. The van der Waals surface area contributed by atoms with Gasteiger partial charge in [-0.25, -0.2) is 0 Å². The van der Waals surface area contributed by atoms with E-state index >= 15 is 0 Å². The second-order valence-electron chi connectivity index (χ2n) is 1.49. The van der Waals surface area contributed by atoms with Gasteiger partial charge in [0.2, 0.25) is 0 Å². The molecule has 0 bridgehead atoms. The molecule has 1 aliphatic rings. The fourth-order valence-electron chi connectivity index (χ4n) is 0.458. The summed E-state index contributed by atoms with van der Waals surface area (Å²) in [5.74, 6) is 0. The Labute approximate surface area is 45.9 Å². The molecule has 2 heteroatoms. The van der Waals surface area contributed by atoms with Crippen LogP contribution in [0.4, 0.5) is 0 Å². The van der Waals surface area contributed by atoms with E-state index in [-0.39, 0.29) is 0 Å². The highest BCUT2D eigenvalue weighted by Gasteiger charge is 1.98. The predicted molar refractivity (Wildman–Crippen MR) is 34.5 cm³/mol. The average molecular weight is 116 g/mol. The lowest BCUT2D eigenvalue weighted by atomic mass is 10.5. The molecule has 1 aliphatic heterocycles. The van der Waals surface area contributed by atoms with E-state index in [2.05, 4.69) is 0 Å². The Morgan fingerprint density at radius 2 is 2.43 bits per heavy atom. The third-order valence-corrected chi connectivity index (χ3v) is 2.25. The second-order valence-corrected chi connectivity index (χ2v) is 3.19. The molecule has 1 atom stereocenters. The summed E-state index contributed by atoms with van der Waals surface area (Å²) in [7, 11) is 0. The minimum Gasteiger partial charge on any atom is -0.346 e. The third-order valence-electron chi connectivity index (χ3n) is 0.926. The quantitative estimate of drug-likeness (QED) is 0.463. The van der Waals surface area contributed by atoms with E-state index < -0.39 is 11.2 Å². The van der Waals surface area contributed by atoms with Crippen LogP contribution in [0.15, 0.2) is 22.5 Å². The van der Waals surface area contributed by atoms with E-state index in [1.54, 1.807) is 0 Å². The maximum atomic E-state index is 8.91. The lowest BCUT2D eigenvalue weighted by Gasteiger charge is -2.01. The molecule has 0 saturated carbocycles. The molecule has 1 rings (SSSR count). The fourth-order valence-corrected chi connectivity index (χ4v) is 1.18. The highest BCUT2D eigenvalue weighted by atomic mass is 32.2. The summed E-state index contributed by atoms with van der Waals surface area (Å²) in [5.41, 5.74) is 0. The van der Waals surface area contributed by atoms with E-state index in [1.807, 2.05) is 24.5 Å². The van der Waals surface area contributed by atoms with Crippen LogP contribution in [0.25, 0.3) is 0 Å². The van der Waals surface area contributed by atoms with Gasteiger partial charge in [0, 0.05) is 0 Å². The zero-order chi connectivity index (χ0) is 5.28. The number of hydrogen-bond acceptors (Lipinski definition) is 1. The predicted octanol–water partition coefficient (Wildman–Crippen LogP) is 1.89. The van der Waals surface area contributed by atoms with Crippen LogP contribution in [0.5, 0.6) is 0 Å². The van der Waals surface area contributed by atoms with Crippen LogP contribution in [0.1, 0.15) is 6.92 Å². The van der Waals surface area contributed by atoms with E-state index in [4.69, 9.17) is 4.55 Å². The smallest absolute Gasteiger partial charge is 0.0120 e. The number of thiol groups is 1. The van der Waals surface area contributed by atoms with Gasteiger partial charge in [-0.3, -0.25) is 0 Å². The van der Waals surface area contributed by atoms with Gasteiger partial charge < -0.3 is 4.55 Å². The topological polar surface area (TPSA) is 20.2 Å². The highest BCUT2D eigenvalue weighted by Crippen LogP contribution is 2.35. The average Bonchev–Trinajstić information content (AvgIpc) is 1.91. The maximum absolute atomic E-state index is 8.91. The van der Waals surface area contributed by atoms with Crippen LogP contribution in [-0.2, 0) is 0 Å². The van der Waals surface area contributed by atoms with Crippen molar-refractivity contribution in [1.29, 1.82) is 0 Å². The molecule has 0 aromatic rings. The van der Waals surface area contributed by atoms with Crippen molar-refractivity contribution in [3.8, 4) is 0 Å². The molecule has 0 amide bonds. The van der Waals surface area contributed by atoms with Crippen molar-refractivity contribution in [1.82, 2.24) is 0 Å². The van der Waals surface area contributed by atoms with Crippen LogP contribution in [0.2, 0.25) is 0 Å². The molecule has 0 radical (unpaired) electrons. The fraction of sp³-hybridized carbons (Fsp3) is 0.200. The molecule has 40 valence electrons. The lowest BCUT2D eigenvalue weighted by Crippen LogP contribution is -1.66. The second kappa shape index (κ2) is 1.72. The van der Waals surface area contributed by atoms with Gasteiger partial charge in [0.15, 0.2) is 0 Å². The van der Waals surface area contributed by atoms with Crippen molar-refractivity contribution in [3.05, 3.63) is 22.5 Å². The summed E-state index contributed by atoms with van der Waals surface area (Å²) in [6.07, 6.45) is 3.83. The van der Waals surface area contributed by atoms with Crippen molar-refractivity contribution in [2.75, 3.05) is 0 Å². The molecule has 0 aromatic carbocycles. The van der Waals surface area contributed by atoms with Gasteiger partial charge in [-0.05, 0) is 17.2 Å². The Hall–Kier alpha value is -0.210. The summed E-state index contributed by atoms with van der Waals surface area (Å²) in [6.45, 7) is 1.94. The Morgan fingerprint density at radius 1 is 1.71 bits per heavy atom. The van der Waals surface area contributed by atoms with Crippen molar-refractivity contribution in [2.45, 2.75) is 6.92 Å². The molecule has 1 N–H and O–H groups in total. The molecule has 1 unspecified atom stereocenters. The minimum absolute atomic E-state index is 0.846. The summed E-state index contributed by atoms with van der Waals surface area (Å²) in [6, 6.07) is 0. The first-order valence-corrected chi connectivity index (χ1v) is 3.50. The zero-order valence-corrected chi connectivity index (χ0v) is 5.02. The lowest BCUT2D eigenvalue weighted by molar-refractivity contribution is 0.660. The number of hydrogen-bond donors (Lipinski definition) is 2. The first kappa shape index (κ1) is 4.94. The molecular formula is C5H8OS. The summed E-state index contributed by atoms with van der Waals surface area (Å²) < 4.78 is 8.91. The van der Waals surface area contributed by atoms with Crippen molar-refractivity contribution in [2.24, 2.45) is 0 Å². The van der Waals surface area contributed by atoms with Gasteiger partial charge >= 0.3 is 0 Å². The summed E-state index contributed by atoms with van der Waals surface area (Å²) >= 11 is -0.846. The molecule has 0 aliphatic carbocycles. The molecule has 0 saturated heterocycles.